The lowest BCUT2D eigenvalue weighted by Crippen LogP contribution is -2.45. The van der Waals surface area contributed by atoms with Gasteiger partial charge in [0.25, 0.3) is 0 Å². The van der Waals surface area contributed by atoms with E-state index in [4.69, 9.17) is 0 Å². The maximum Gasteiger partial charge on any atom is 0.235 e. The van der Waals surface area contributed by atoms with Gasteiger partial charge in [0.2, 0.25) is 5.91 Å². The summed E-state index contributed by atoms with van der Waals surface area (Å²) in [4.78, 5) is 13.9. The number of carbonyl (C=O) groups excluding carboxylic acids is 1. The van der Waals surface area contributed by atoms with E-state index in [0.29, 0.717) is 0 Å². The molecule has 116 valence electrons. The maximum atomic E-state index is 11.6. The Hall–Kier alpha value is -1.40. The van der Waals surface area contributed by atoms with Gasteiger partial charge in [0.05, 0.1) is 0 Å². The van der Waals surface area contributed by atoms with Gasteiger partial charge in [0.15, 0.2) is 9.84 Å². The van der Waals surface area contributed by atoms with Gasteiger partial charge in [-0.1, -0.05) is 24.3 Å². The summed E-state index contributed by atoms with van der Waals surface area (Å²) in [5.74, 6) is -0.873. The average Bonchev–Trinajstić information content (AvgIpc) is 2.35. The van der Waals surface area contributed by atoms with Crippen LogP contribution in [0.3, 0.4) is 0 Å². The first-order valence-corrected chi connectivity index (χ1v) is 9.16. The molecule has 1 heterocycles. The number of amides is 1. The Morgan fingerprint density at radius 2 is 2.00 bits per heavy atom. The second-order valence-corrected chi connectivity index (χ2v) is 7.93. The van der Waals surface area contributed by atoms with Gasteiger partial charge < -0.3 is 5.32 Å². The Bertz CT molecular complexity index is 613. The Kier molecular flexibility index (Phi) is 5.00. The number of nitrogens with zero attached hydrogens (tertiary/aromatic N) is 1. The molecule has 21 heavy (non-hydrogen) atoms. The van der Waals surface area contributed by atoms with E-state index in [-0.39, 0.29) is 6.04 Å². The van der Waals surface area contributed by atoms with E-state index in [9.17, 15) is 13.2 Å². The molecule has 0 aromatic heterocycles. The number of rotatable bonds is 5. The molecular weight excluding hydrogens is 288 g/mol. The van der Waals surface area contributed by atoms with E-state index in [1.54, 1.807) is 0 Å². The average molecular weight is 310 g/mol. The number of sulfone groups is 1. The molecule has 1 N–H and O–H groups in total. The first-order chi connectivity index (χ1) is 9.83. The second kappa shape index (κ2) is 6.58. The van der Waals surface area contributed by atoms with Crippen LogP contribution in [0.2, 0.25) is 0 Å². The number of hydrogen-bond donors (Lipinski definition) is 1. The summed E-state index contributed by atoms with van der Waals surface area (Å²) in [6, 6.07) is 8.32. The minimum Gasteiger partial charge on any atom is -0.351 e. The molecule has 5 nitrogen and oxygen atoms in total. The zero-order chi connectivity index (χ0) is 15.5. The fourth-order valence-electron chi connectivity index (χ4n) is 2.70. The maximum absolute atomic E-state index is 11.6. The Balaban J connectivity index is 1.84. The van der Waals surface area contributed by atoms with Crippen molar-refractivity contribution in [3.63, 3.8) is 0 Å². The predicted molar refractivity (Wildman–Crippen MR) is 82.7 cm³/mol. The largest absolute Gasteiger partial charge is 0.351 e. The molecule has 1 aromatic rings. The first kappa shape index (κ1) is 16.0. The van der Waals surface area contributed by atoms with Crippen LogP contribution < -0.4 is 5.32 Å². The normalized spacial score (nSPS) is 17.0. The van der Waals surface area contributed by atoms with E-state index in [0.717, 1.165) is 32.3 Å². The van der Waals surface area contributed by atoms with Crippen molar-refractivity contribution in [3.8, 4) is 0 Å². The van der Waals surface area contributed by atoms with Gasteiger partial charge in [-0.2, -0.15) is 0 Å². The van der Waals surface area contributed by atoms with Crippen LogP contribution in [0.1, 0.15) is 18.1 Å². The lowest BCUT2D eigenvalue weighted by Gasteiger charge is -2.31. The van der Waals surface area contributed by atoms with Crippen LogP contribution in [0.5, 0.6) is 0 Å². The molecular formula is C15H22N2O3S. The molecule has 1 atom stereocenters. The molecule has 1 amide bonds. The molecule has 0 saturated carbocycles. The van der Waals surface area contributed by atoms with Crippen LogP contribution in [-0.4, -0.2) is 50.4 Å². The highest BCUT2D eigenvalue weighted by Crippen LogP contribution is 2.18. The monoisotopic (exact) mass is 310 g/mol. The van der Waals surface area contributed by atoms with E-state index < -0.39 is 21.5 Å². The number of benzene rings is 1. The van der Waals surface area contributed by atoms with Gasteiger partial charge in [-0.05, 0) is 24.5 Å². The number of fused-ring (bicyclic) bond motifs is 1. The van der Waals surface area contributed by atoms with E-state index in [1.165, 1.54) is 11.1 Å². The van der Waals surface area contributed by atoms with Crippen molar-refractivity contribution in [2.24, 2.45) is 0 Å². The van der Waals surface area contributed by atoms with Crippen LogP contribution in [0.4, 0.5) is 0 Å². The molecule has 6 heteroatoms. The zero-order valence-corrected chi connectivity index (χ0v) is 13.3. The molecule has 0 spiro atoms. The fraction of sp³-hybridized carbons (Fsp3) is 0.533. The third-order valence-corrected chi connectivity index (χ3v) is 4.33. The Morgan fingerprint density at radius 1 is 1.33 bits per heavy atom. The molecule has 0 unspecified atom stereocenters. The predicted octanol–water partition coefficient (Wildman–Crippen LogP) is 0.594. The quantitative estimate of drug-likeness (QED) is 0.864. The molecule has 0 bridgehead atoms. The summed E-state index contributed by atoms with van der Waals surface area (Å²) in [6.07, 6.45) is 2.08. The van der Waals surface area contributed by atoms with Gasteiger partial charge in [-0.25, -0.2) is 8.42 Å². The molecule has 0 aliphatic carbocycles. The fourth-order valence-corrected chi connectivity index (χ4v) is 3.26. The van der Waals surface area contributed by atoms with E-state index in [2.05, 4.69) is 28.4 Å². The molecule has 1 aromatic carbocycles. The van der Waals surface area contributed by atoms with Crippen LogP contribution in [0.25, 0.3) is 0 Å². The summed E-state index contributed by atoms with van der Waals surface area (Å²) in [5, 5.41) is 2.75. The Labute approximate surface area is 126 Å². The van der Waals surface area contributed by atoms with Crippen molar-refractivity contribution in [2.45, 2.75) is 25.9 Å². The van der Waals surface area contributed by atoms with E-state index in [1.807, 2.05) is 13.0 Å². The third kappa shape index (κ3) is 5.13. The van der Waals surface area contributed by atoms with Gasteiger partial charge in [0, 0.05) is 31.9 Å². The highest BCUT2D eigenvalue weighted by Gasteiger charge is 2.19. The minimum atomic E-state index is -3.27. The molecule has 0 saturated heterocycles. The zero-order valence-electron chi connectivity index (χ0n) is 12.5. The van der Waals surface area contributed by atoms with Crippen LogP contribution in [-0.2, 0) is 27.6 Å². The lowest BCUT2D eigenvalue weighted by atomic mass is 10.00. The van der Waals surface area contributed by atoms with Gasteiger partial charge in [-0.3, -0.25) is 9.69 Å². The summed E-state index contributed by atoms with van der Waals surface area (Å²) < 4.78 is 22.2. The molecule has 1 aliphatic rings. The SMILES string of the molecule is C[C@@H](CN1CCc2ccccc2C1)NC(=O)CS(C)(=O)=O. The van der Waals surface area contributed by atoms with Crippen molar-refractivity contribution in [1.29, 1.82) is 0 Å². The summed E-state index contributed by atoms with van der Waals surface area (Å²) >= 11 is 0. The van der Waals surface area contributed by atoms with Crippen LogP contribution in [0.15, 0.2) is 24.3 Å². The minimum absolute atomic E-state index is 0.0653. The van der Waals surface area contributed by atoms with Gasteiger partial charge in [0.1, 0.15) is 5.75 Å². The summed E-state index contributed by atoms with van der Waals surface area (Å²) in [5.41, 5.74) is 2.72. The topological polar surface area (TPSA) is 66.5 Å². The highest BCUT2D eigenvalue weighted by molar-refractivity contribution is 7.91. The van der Waals surface area contributed by atoms with Gasteiger partial charge in [-0.15, -0.1) is 0 Å². The van der Waals surface area contributed by atoms with E-state index >= 15 is 0 Å². The van der Waals surface area contributed by atoms with Gasteiger partial charge >= 0.3 is 0 Å². The van der Waals surface area contributed by atoms with Crippen molar-refractivity contribution < 1.29 is 13.2 Å². The number of nitrogens with one attached hydrogen (secondary N) is 1. The van der Waals surface area contributed by atoms with Crippen molar-refractivity contribution in [1.82, 2.24) is 10.2 Å². The van der Waals surface area contributed by atoms with Crippen LogP contribution >= 0.6 is 0 Å². The molecule has 0 fully saturated rings. The summed E-state index contributed by atoms with van der Waals surface area (Å²) in [7, 11) is -3.27. The molecule has 0 radical (unpaired) electrons. The third-order valence-electron chi connectivity index (χ3n) is 3.54. The highest BCUT2D eigenvalue weighted by atomic mass is 32.2. The first-order valence-electron chi connectivity index (χ1n) is 7.10. The number of hydrogen-bond acceptors (Lipinski definition) is 4. The van der Waals surface area contributed by atoms with Crippen molar-refractivity contribution >= 4 is 15.7 Å². The van der Waals surface area contributed by atoms with Crippen LogP contribution in [0, 0.1) is 0 Å². The smallest absolute Gasteiger partial charge is 0.235 e. The van der Waals surface area contributed by atoms with Crippen molar-refractivity contribution in [3.05, 3.63) is 35.4 Å². The molecule has 1 aliphatic heterocycles. The lowest BCUT2D eigenvalue weighted by molar-refractivity contribution is -0.119. The standard InChI is InChI=1S/C15H22N2O3S/c1-12(16-15(18)11-21(2,19)20)9-17-8-7-13-5-3-4-6-14(13)10-17/h3-6,12H,7-11H2,1-2H3,(H,16,18)/t12-/m0/s1. The summed E-state index contributed by atoms with van der Waals surface area (Å²) in [6.45, 7) is 4.47. The molecule has 2 rings (SSSR count). The second-order valence-electron chi connectivity index (χ2n) is 5.79. The Morgan fingerprint density at radius 3 is 2.67 bits per heavy atom. The van der Waals surface area contributed by atoms with Crippen molar-refractivity contribution in [2.75, 3.05) is 25.1 Å². The number of carbonyl (C=O) groups is 1.